The molecule has 1 saturated heterocycles. The zero-order valence-electron chi connectivity index (χ0n) is 8.60. The summed E-state index contributed by atoms with van der Waals surface area (Å²) < 4.78 is 9.94. The molecule has 6 heteroatoms. The van der Waals surface area contributed by atoms with Gasteiger partial charge in [-0.15, -0.1) is 0 Å². The van der Waals surface area contributed by atoms with Crippen LogP contribution in [-0.2, 0) is 14.3 Å². The Morgan fingerprint density at radius 1 is 1.80 bits per heavy atom. The van der Waals surface area contributed by atoms with Crippen molar-refractivity contribution in [1.82, 2.24) is 4.90 Å². The van der Waals surface area contributed by atoms with Crippen molar-refractivity contribution < 1.29 is 14.3 Å². The fourth-order valence-corrected chi connectivity index (χ4v) is 1.25. The van der Waals surface area contributed by atoms with Gasteiger partial charge in [-0.1, -0.05) is 0 Å². The molecule has 15 heavy (non-hydrogen) atoms. The van der Waals surface area contributed by atoms with Gasteiger partial charge in [-0.3, -0.25) is 4.79 Å². The van der Waals surface area contributed by atoms with Crippen molar-refractivity contribution >= 4 is 11.8 Å². The Kier molecular flexibility index (Phi) is 4.57. The first-order valence-corrected chi connectivity index (χ1v) is 4.72. The molecule has 0 aromatic rings. The summed E-state index contributed by atoms with van der Waals surface area (Å²) in [6, 6.07) is 0. The molecule has 0 saturated carbocycles. The van der Waals surface area contributed by atoms with Crippen LogP contribution in [0.15, 0.2) is 4.99 Å². The van der Waals surface area contributed by atoms with Gasteiger partial charge in [0, 0.05) is 6.54 Å². The lowest BCUT2D eigenvalue weighted by Gasteiger charge is -2.28. The monoisotopic (exact) mass is 211 g/mol. The Labute approximate surface area is 88.1 Å². The third-order valence-corrected chi connectivity index (χ3v) is 1.91. The van der Waals surface area contributed by atoms with Crippen LogP contribution in [0.1, 0.15) is 6.92 Å². The molecule has 1 fully saturated rings. The maximum atomic E-state index is 11.2. The van der Waals surface area contributed by atoms with E-state index in [9.17, 15) is 4.79 Å². The van der Waals surface area contributed by atoms with Gasteiger partial charge in [-0.25, -0.2) is 0 Å². The number of carbonyl (C=O) groups excluding carboxylic acids is 1. The number of nitriles is 1. The van der Waals surface area contributed by atoms with Gasteiger partial charge in [0.05, 0.1) is 13.2 Å². The Hall–Kier alpha value is -1.61. The third kappa shape index (κ3) is 3.56. The molecule has 0 spiro atoms. The number of ether oxygens (including phenoxy) is 2. The summed E-state index contributed by atoms with van der Waals surface area (Å²) in [6.45, 7) is 3.59. The summed E-state index contributed by atoms with van der Waals surface area (Å²) in [5.41, 5.74) is 0. The van der Waals surface area contributed by atoms with E-state index < -0.39 is 0 Å². The quantitative estimate of drug-likeness (QED) is 0.475. The van der Waals surface area contributed by atoms with Crippen LogP contribution < -0.4 is 0 Å². The zero-order valence-corrected chi connectivity index (χ0v) is 8.60. The average molecular weight is 211 g/mol. The van der Waals surface area contributed by atoms with Crippen molar-refractivity contribution in [3.63, 3.8) is 0 Å². The van der Waals surface area contributed by atoms with Crippen LogP contribution >= 0.6 is 0 Å². The molecular weight excluding hydrogens is 198 g/mol. The van der Waals surface area contributed by atoms with Gasteiger partial charge >= 0.3 is 5.97 Å². The first kappa shape index (κ1) is 11.5. The molecular formula is C9H13N3O3. The molecule has 6 nitrogen and oxygen atoms in total. The van der Waals surface area contributed by atoms with Gasteiger partial charge in [0.1, 0.15) is 19.0 Å². The van der Waals surface area contributed by atoms with Crippen LogP contribution in [0, 0.1) is 11.5 Å². The maximum Gasteiger partial charge on any atom is 0.325 e. The number of esters is 1. The molecule has 82 valence electrons. The second-order valence-electron chi connectivity index (χ2n) is 2.91. The predicted octanol–water partition coefficient (Wildman–Crippen LogP) is -0.239. The van der Waals surface area contributed by atoms with Crippen molar-refractivity contribution in [2.45, 2.75) is 6.92 Å². The van der Waals surface area contributed by atoms with E-state index >= 15 is 0 Å². The van der Waals surface area contributed by atoms with Crippen LogP contribution in [0.4, 0.5) is 0 Å². The number of hydrogen-bond donors (Lipinski definition) is 0. The summed E-state index contributed by atoms with van der Waals surface area (Å²) in [4.78, 5) is 16.5. The standard InChI is InChI=1S/C9H13N3O3/c1-2-15-9(13)5-12-3-4-14-6-8(12)11-7-10/h2-6H2,1H3/b11-8-. The first-order chi connectivity index (χ1) is 7.27. The van der Waals surface area contributed by atoms with E-state index in [-0.39, 0.29) is 19.1 Å². The summed E-state index contributed by atoms with van der Waals surface area (Å²) in [7, 11) is 0. The lowest BCUT2D eigenvalue weighted by atomic mass is 10.4. The van der Waals surface area contributed by atoms with E-state index in [1.807, 2.05) is 0 Å². The predicted molar refractivity (Wildman–Crippen MR) is 52.1 cm³/mol. The van der Waals surface area contributed by atoms with Crippen molar-refractivity contribution in [3.05, 3.63) is 0 Å². The van der Waals surface area contributed by atoms with Gasteiger partial charge in [0.15, 0.2) is 0 Å². The van der Waals surface area contributed by atoms with Gasteiger partial charge in [0.2, 0.25) is 6.19 Å². The number of morpholine rings is 1. The van der Waals surface area contributed by atoms with Gasteiger partial charge < -0.3 is 14.4 Å². The molecule has 1 aliphatic rings. The summed E-state index contributed by atoms with van der Waals surface area (Å²) in [5.74, 6) is 0.168. The molecule has 1 heterocycles. The number of hydrogen-bond acceptors (Lipinski definition) is 5. The second-order valence-corrected chi connectivity index (χ2v) is 2.91. The van der Waals surface area contributed by atoms with Crippen LogP contribution in [0.25, 0.3) is 0 Å². The average Bonchev–Trinajstić information content (AvgIpc) is 2.21. The Bertz CT molecular complexity index is 295. The minimum absolute atomic E-state index is 0.123. The fourth-order valence-electron chi connectivity index (χ4n) is 1.25. The second kappa shape index (κ2) is 5.98. The van der Waals surface area contributed by atoms with Gasteiger partial charge in [0.25, 0.3) is 0 Å². The summed E-state index contributed by atoms with van der Waals surface area (Å²) in [6.07, 6.45) is 1.69. The van der Waals surface area contributed by atoms with Crippen LogP contribution in [-0.4, -0.2) is 49.6 Å². The SMILES string of the molecule is CCOC(=O)CN1CCOC/C1=N/C#N. The fraction of sp³-hybridized carbons (Fsp3) is 0.667. The van der Waals surface area contributed by atoms with E-state index in [4.69, 9.17) is 14.7 Å². The highest BCUT2D eigenvalue weighted by Crippen LogP contribution is 2.01. The Morgan fingerprint density at radius 3 is 3.27 bits per heavy atom. The van der Waals surface area contributed by atoms with Crippen LogP contribution in [0.2, 0.25) is 0 Å². The highest BCUT2D eigenvalue weighted by atomic mass is 16.5. The number of rotatable bonds is 3. The molecule has 0 radical (unpaired) electrons. The van der Waals surface area contributed by atoms with Crippen LogP contribution in [0.5, 0.6) is 0 Å². The van der Waals surface area contributed by atoms with E-state index in [1.165, 1.54) is 0 Å². The smallest absolute Gasteiger partial charge is 0.325 e. The number of nitrogens with zero attached hydrogens (tertiary/aromatic N) is 3. The molecule has 0 atom stereocenters. The van der Waals surface area contributed by atoms with Crippen molar-refractivity contribution in [3.8, 4) is 6.19 Å². The molecule has 1 rings (SSSR count). The highest BCUT2D eigenvalue weighted by Gasteiger charge is 2.19. The van der Waals surface area contributed by atoms with E-state index in [0.717, 1.165) is 0 Å². The van der Waals surface area contributed by atoms with Crippen molar-refractivity contribution in [2.75, 3.05) is 32.9 Å². The Balaban J connectivity index is 2.54. The van der Waals surface area contributed by atoms with E-state index in [2.05, 4.69) is 4.99 Å². The normalized spacial score (nSPS) is 18.7. The molecule has 0 aromatic heterocycles. The zero-order chi connectivity index (χ0) is 11.1. The molecule has 0 amide bonds. The topological polar surface area (TPSA) is 74.9 Å². The molecule has 0 aromatic carbocycles. The minimum atomic E-state index is -0.315. The minimum Gasteiger partial charge on any atom is -0.465 e. The molecule has 1 aliphatic heterocycles. The number of amidine groups is 1. The van der Waals surface area contributed by atoms with Gasteiger partial charge in [-0.2, -0.15) is 10.3 Å². The first-order valence-electron chi connectivity index (χ1n) is 4.72. The van der Waals surface area contributed by atoms with E-state index in [1.54, 1.807) is 18.0 Å². The van der Waals surface area contributed by atoms with Crippen LogP contribution in [0.3, 0.4) is 0 Å². The Morgan fingerprint density at radius 2 is 2.60 bits per heavy atom. The van der Waals surface area contributed by atoms with Crippen molar-refractivity contribution in [2.24, 2.45) is 4.99 Å². The summed E-state index contributed by atoms with van der Waals surface area (Å²) >= 11 is 0. The van der Waals surface area contributed by atoms with Gasteiger partial charge in [-0.05, 0) is 6.92 Å². The molecule has 0 unspecified atom stereocenters. The van der Waals surface area contributed by atoms with E-state index in [0.29, 0.717) is 25.6 Å². The lowest BCUT2D eigenvalue weighted by Crippen LogP contribution is -2.44. The molecule has 0 bridgehead atoms. The number of carbonyl (C=O) groups is 1. The number of aliphatic imine (C=N–C) groups is 1. The van der Waals surface area contributed by atoms with Crippen molar-refractivity contribution in [1.29, 1.82) is 5.26 Å². The lowest BCUT2D eigenvalue weighted by molar-refractivity contribution is -0.143. The highest BCUT2D eigenvalue weighted by molar-refractivity contribution is 5.88. The summed E-state index contributed by atoms with van der Waals surface area (Å²) in [5, 5.41) is 8.44. The molecule has 0 N–H and O–H groups in total. The third-order valence-electron chi connectivity index (χ3n) is 1.91. The molecule has 0 aliphatic carbocycles. The largest absolute Gasteiger partial charge is 0.465 e. The maximum absolute atomic E-state index is 11.2.